The second kappa shape index (κ2) is 43.3. The van der Waals surface area contributed by atoms with Crippen LogP contribution in [-0.4, -0.2) is 267 Å². The van der Waals surface area contributed by atoms with Crippen LogP contribution in [0.3, 0.4) is 0 Å². The monoisotopic (exact) mass is 1290 g/mol. The molecule has 6 atom stereocenters. The van der Waals surface area contributed by atoms with Gasteiger partial charge in [0.05, 0.1) is 194 Å². The van der Waals surface area contributed by atoms with E-state index in [-0.39, 0.29) is 73.9 Å². The number of hydrogen-bond donors (Lipinski definition) is 3. The summed E-state index contributed by atoms with van der Waals surface area (Å²) in [5.41, 5.74) is 0.302. The van der Waals surface area contributed by atoms with E-state index in [1.165, 1.54) is 0 Å². The summed E-state index contributed by atoms with van der Waals surface area (Å²) in [4.78, 5) is 63.8. The quantitative estimate of drug-likeness (QED) is 0.0804. The summed E-state index contributed by atoms with van der Waals surface area (Å²) in [5.74, 6) is -0.946. The first kappa shape index (κ1) is 74.4. The number of carbonyl (C=O) groups is 4. The van der Waals surface area contributed by atoms with Crippen LogP contribution in [0.25, 0.3) is 0 Å². The molecular weight excluding hydrogens is 1190 g/mol. The van der Waals surface area contributed by atoms with E-state index in [0.717, 1.165) is 30.7 Å². The molecule has 5 heterocycles. The van der Waals surface area contributed by atoms with Crippen LogP contribution in [0.15, 0.2) is 36.8 Å². The molecular formula is C62H98F3N7O18. The lowest BCUT2D eigenvalue weighted by Crippen LogP contribution is -2.51. The summed E-state index contributed by atoms with van der Waals surface area (Å²) in [6, 6.07) is 4.59. The Morgan fingerprint density at radius 1 is 0.711 bits per heavy atom. The predicted octanol–water partition coefficient (Wildman–Crippen LogP) is 3.13. The molecule has 2 saturated heterocycles. The molecule has 25 nitrogen and oxygen atoms in total. The Hall–Kier alpha value is -4.63. The van der Waals surface area contributed by atoms with Gasteiger partial charge >= 0.3 is 6.18 Å². The van der Waals surface area contributed by atoms with Gasteiger partial charge in [0.25, 0.3) is 0 Å². The molecule has 510 valence electrons. The number of rotatable bonds is 49. The van der Waals surface area contributed by atoms with Gasteiger partial charge < -0.3 is 92.1 Å². The molecule has 2 unspecified atom stereocenters. The Morgan fingerprint density at radius 3 is 1.78 bits per heavy atom. The SMILES string of the molecule is CO[C@@H]1COCC[C@@H]1N[C@@H]1CC[C@](CCCNC(=O)CCOCCOCCOCCOCCOCCOCCOCCOCCOCCOCCOCCOCCNC(=O)C2CC(=O)N(C)C2c2cccnc2)(C(=O)N2CCc3ncc(C(F)(F)F)cc3C2)C1. The molecule has 0 bridgehead atoms. The zero-order valence-electron chi connectivity index (χ0n) is 52.7. The Kier molecular flexibility index (Phi) is 35.8. The van der Waals surface area contributed by atoms with E-state index in [1.807, 2.05) is 6.07 Å². The molecule has 3 aliphatic heterocycles. The molecule has 3 fully saturated rings. The third-order valence-electron chi connectivity index (χ3n) is 16.0. The standard InChI is InChI=1S/C62H98F3N7O18/c1-71-57(74)42-52(58(71)48-5-3-12-66-44-48)59(75)68-14-18-79-20-22-81-24-26-83-28-30-85-32-34-87-36-38-89-40-39-88-37-35-86-33-31-84-29-27-82-25-23-80-21-19-78-17-9-56(73)67-13-4-10-61(11-6-51(43-61)70-54-8-16-90-47-55(54)77-2)60(76)72-15-7-53-49(46-72)41-50(45-69-53)62(63,64)65/h3,5,12,41,44-45,51-52,54-55,58,70H,4,6-11,13-40,42-43,46-47H2,1-2H3,(H,67,73)(H,68,75)/t51-,52?,54+,55-,58?,61+/m1/s1. The van der Waals surface area contributed by atoms with Crippen molar-refractivity contribution in [1.29, 1.82) is 0 Å². The molecule has 0 aromatic carbocycles. The summed E-state index contributed by atoms with van der Waals surface area (Å²) in [7, 11) is 3.38. The van der Waals surface area contributed by atoms with Crippen molar-refractivity contribution < 1.29 is 98.7 Å². The first-order valence-electron chi connectivity index (χ1n) is 31.7. The molecule has 90 heavy (non-hydrogen) atoms. The number of halogens is 3. The number of aromatic nitrogens is 2. The Bertz CT molecular complexity index is 2330. The van der Waals surface area contributed by atoms with Crippen LogP contribution in [0.4, 0.5) is 13.2 Å². The maximum absolute atomic E-state index is 14.5. The highest BCUT2D eigenvalue weighted by molar-refractivity contribution is 5.90. The van der Waals surface area contributed by atoms with E-state index < -0.39 is 23.1 Å². The summed E-state index contributed by atoms with van der Waals surface area (Å²) in [6.45, 7) is 12.1. The van der Waals surface area contributed by atoms with Gasteiger partial charge in [0.2, 0.25) is 23.6 Å². The van der Waals surface area contributed by atoms with Crippen molar-refractivity contribution in [3.63, 3.8) is 0 Å². The van der Waals surface area contributed by atoms with Gasteiger partial charge in [0.1, 0.15) is 0 Å². The van der Waals surface area contributed by atoms with Crippen LogP contribution in [0.2, 0.25) is 0 Å². The number of nitrogens with one attached hydrogen (secondary N) is 3. The van der Waals surface area contributed by atoms with Gasteiger partial charge in [-0.15, -0.1) is 0 Å². The molecule has 0 spiro atoms. The number of methoxy groups -OCH3 is 1. The van der Waals surface area contributed by atoms with Crippen LogP contribution in [0, 0.1) is 11.3 Å². The van der Waals surface area contributed by atoms with Crippen molar-refractivity contribution in [2.75, 3.05) is 206 Å². The predicted molar refractivity (Wildman–Crippen MR) is 319 cm³/mol. The summed E-state index contributed by atoms with van der Waals surface area (Å²) in [5, 5.41) is 9.56. The third-order valence-corrected chi connectivity index (χ3v) is 16.0. The molecule has 4 amide bonds. The van der Waals surface area contributed by atoms with E-state index in [4.69, 9.17) is 66.3 Å². The number of likely N-dealkylation sites (tertiary alicyclic amines) is 1. The van der Waals surface area contributed by atoms with Gasteiger partial charge in [0, 0.05) is 103 Å². The lowest BCUT2D eigenvalue weighted by atomic mass is 9.79. The normalized spacial score (nSPS) is 21.1. The van der Waals surface area contributed by atoms with E-state index in [9.17, 15) is 32.3 Å². The number of alkyl halides is 3. The van der Waals surface area contributed by atoms with Crippen LogP contribution in [0.5, 0.6) is 0 Å². The maximum Gasteiger partial charge on any atom is 0.417 e. The Labute approximate surface area is 527 Å². The van der Waals surface area contributed by atoms with Gasteiger partial charge in [-0.1, -0.05) is 6.07 Å². The van der Waals surface area contributed by atoms with Crippen LogP contribution in [-0.2, 0) is 105 Å². The first-order valence-corrected chi connectivity index (χ1v) is 31.7. The lowest BCUT2D eigenvalue weighted by Gasteiger charge is -2.38. The van der Waals surface area contributed by atoms with Crippen LogP contribution >= 0.6 is 0 Å². The summed E-state index contributed by atoms with van der Waals surface area (Å²) in [6.07, 6.45) is 4.17. The zero-order chi connectivity index (χ0) is 63.9. The topological polar surface area (TPSA) is 266 Å². The molecule has 0 radical (unpaired) electrons. The van der Waals surface area contributed by atoms with E-state index in [2.05, 4.69) is 25.9 Å². The third kappa shape index (κ3) is 27.5. The number of carbonyl (C=O) groups excluding carboxylic acids is 4. The van der Waals surface area contributed by atoms with Crippen molar-refractivity contribution in [2.45, 2.75) is 94.7 Å². The summed E-state index contributed by atoms with van der Waals surface area (Å²) >= 11 is 0. The van der Waals surface area contributed by atoms with Gasteiger partial charge in [-0.3, -0.25) is 29.1 Å². The molecule has 3 N–H and O–H groups in total. The van der Waals surface area contributed by atoms with E-state index in [1.54, 1.807) is 42.4 Å². The van der Waals surface area contributed by atoms with Gasteiger partial charge in [-0.05, 0) is 61.8 Å². The highest BCUT2D eigenvalue weighted by Crippen LogP contribution is 2.45. The number of ether oxygens (including phenoxy) is 14. The van der Waals surface area contributed by atoms with Crippen molar-refractivity contribution in [1.82, 2.24) is 35.7 Å². The lowest BCUT2D eigenvalue weighted by molar-refractivity contribution is -0.143. The number of hydrogen-bond acceptors (Lipinski definition) is 21. The smallest absolute Gasteiger partial charge is 0.379 e. The van der Waals surface area contributed by atoms with Crippen LogP contribution < -0.4 is 16.0 Å². The highest BCUT2D eigenvalue weighted by Gasteiger charge is 2.48. The molecule has 28 heteroatoms. The minimum atomic E-state index is -4.53. The fraction of sp³-hybridized carbons (Fsp3) is 0.774. The van der Waals surface area contributed by atoms with Crippen molar-refractivity contribution >= 4 is 23.6 Å². The number of fused-ring (bicyclic) bond motifs is 1. The van der Waals surface area contributed by atoms with Crippen LogP contribution in [0.1, 0.15) is 79.8 Å². The van der Waals surface area contributed by atoms with Gasteiger partial charge in [-0.25, -0.2) is 0 Å². The zero-order valence-corrected chi connectivity index (χ0v) is 52.7. The molecule has 2 aromatic rings. The largest absolute Gasteiger partial charge is 0.417 e. The van der Waals surface area contributed by atoms with Crippen molar-refractivity contribution in [3.8, 4) is 0 Å². The van der Waals surface area contributed by atoms with Gasteiger partial charge in [-0.2, -0.15) is 13.2 Å². The fourth-order valence-electron chi connectivity index (χ4n) is 11.2. The molecule has 6 rings (SSSR count). The average Bonchev–Trinajstić information content (AvgIpc) is 1.55. The molecule has 2 aromatic heterocycles. The second-order valence-corrected chi connectivity index (χ2v) is 22.3. The maximum atomic E-state index is 14.5. The molecule has 1 aliphatic carbocycles. The molecule has 4 aliphatic rings. The highest BCUT2D eigenvalue weighted by atomic mass is 19.4. The fourth-order valence-corrected chi connectivity index (χ4v) is 11.2. The van der Waals surface area contributed by atoms with Crippen molar-refractivity contribution in [3.05, 3.63) is 59.2 Å². The van der Waals surface area contributed by atoms with Gasteiger partial charge in [0.15, 0.2) is 0 Å². The summed E-state index contributed by atoms with van der Waals surface area (Å²) < 4.78 is 118. The first-order chi connectivity index (χ1) is 43.9. The van der Waals surface area contributed by atoms with E-state index >= 15 is 0 Å². The Morgan fingerprint density at radius 2 is 1.26 bits per heavy atom. The number of pyridine rings is 2. The minimum Gasteiger partial charge on any atom is -0.379 e. The van der Waals surface area contributed by atoms with Crippen molar-refractivity contribution in [2.24, 2.45) is 11.3 Å². The average molecular weight is 1290 g/mol. The second-order valence-electron chi connectivity index (χ2n) is 22.3. The number of nitrogens with zero attached hydrogens (tertiary/aromatic N) is 4. The Balaban J connectivity index is 0.634. The molecule has 1 saturated carbocycles. The minimum absolute atomic E-state index is 0.0557. The van der Waals surface area contributed by atoms with E-state index in [0.29, 0.717) is 228 Å². The number of amides is 4.